The topological polar surface area (TPSA) is 50.7 Å². The number of carbonyl (C=O) groups is 1. The number of hydrogen-bond acceptors (Lipinski definition) is 3. The number of nitrogens with zero attached hydrogens (tertiary/aromatic N) is 1. The molecule has 0 fully saturated rings. The minimum Gasteiger partial charge on any atom is -0.496 e. The molecule has 0 aromatic heterocycles. The fraction of sp³-hybridized carbons (Fsp3) is 0.111. The fourth-order valence-electron chi connectivity index (χ4n) is 1.86. The van der Waals surface area contributed by atoms with E-state index in [0.29, 0.717) is 5.56 Å². The molecule has 0 bridgehead atoms. The van der Waals surface area contributed by atoms with Gasteiger partial charge in [-0.2, -0.15) is 5.10 Å². The molecular weight excluding hydrogens is 276 g/mol. The van der Waals surface area contributed by atoms with E-state index in [-0.39, 0.29) is 5.91 Å². The first kappa shape index (κ1) is 15.5. The maximum Gasteiger partial charge on any atom is 0.271 e. The molecule has 0 heterocycles. The number of hydrogen-bond donors (Lipinski definition) is 1. The summed E-state index contributed by atoms with van der Waals surface area (Å²) in [5.74, 6) is 0.554. The highest BCUT2D eigenvalue weighted by Crippen LogP contribution is 2.18. The van der Waals surface area contributed by atoms with Gasteiger partial charge in [-0.1, -0.05) is 35.9 Å². The molecule has 0 aliphatic rings. The van der Waals surface area contributed by atoms with Crippen LogP contribution < -0.4 is 10.2 Å². The lowest BCUT2D eigenvalue weighted by Crippen LogP contribution is -2.17. The molecule has 4 nitrogen and oxygen atoms in total. The summed E-state index contributed by atoms with van der Waals surface area (Å²) in [7, 11) is 1.63. The van der Waals surface area contributed by atoms with Crippen molar-refractivity contribution in [3.63, 3.8) is 0 Å². The zero-order valence-electron chi connectivity index (χ0n) is 12.6. The van der Waals surface area contributed by atoms with Crippen LogP contribution in [0.3, 0.4) is 0 Å². The molecule has 2 aromatic carbocycles. The second-order valence-corrected chi connectivity index (χ2v) is 4.69. The predicted octanol–water partition coefficient (Wildman–Crippen LogP) is 3.43. The van der Waals surface area contributed by atoms with Gasteiger partial charge in [-0.05, 0) is 37.3 Å². The predicted molar refractivity (Wildman–Crippen MR) is 89.2 cm³/mol. The van der Waals surface area contributed by atoms with Gasteiger partial charge in [0.25, 0.3) is 5.91 Å². The summed E-state index contributed by atoms with van der Waals surface area (Å²) in [5, 5.41) is 3.89. The van der Waals surface area contributed by atoms with Crippen LogP contribution in [0.2, 0.25) is 0 Å². The summed E-state index contributed by atoms with van der Waals surface area (Å²) >= 11 is 0. The van der Waals surface area contributed by atoms with Gasteiger partial charge in [0.2, 0.25) is 0 Å². The quantitative estimate of drug-likeness (QED) is 0.678. The molecule has 1 amide bonds. The number of amides is 1. The van der Waals surface area contributed by atoms with Crippen LogP contribution >= 0.6 is 0 Å². The van der Waals surface area contributed by atoms with E-state index < -0.39 is 0 Å². The highest BCUT2D eigenvalue weighted by molar-refractivity contribution is 5.94. The third-order valence-corrected chi connectivity index (χ3v) is 3.06. The molecular formula is C18H18N2O2. The van der Waals surface area contributed by atoms with E-state index in [9.17, 15) is 4.79 Å². The summed E-state index contributed by atoms with van der Waals surface area (Å²) in [6.45, 7) is 1.97. The molecule has 0 atom stereocenters. The van der Waals surface area contributed by atoms with E-state index >= 15 is 0 Å². The van der Waals surface area contributed by atoms with Crippen LogP contribution in [0.5, 0.6) is 5.75 Å². The lowest BCUT2D eigenvalue weighted by molar-refractivity contribution is 0.0955. The smallest absolute Gasteiger partial charge is 0.271 e. The Hall–Kier alpha value is -2.88. The molecule has 0 aliphatic carbocycles. The van der Waals surface area contributed by atoms with Crippen LogP contribution in [-0.4, -0.2) is 19.2 Å². The number of allylic oxidation sites excluding steroid dienone is 1. The van der Waals surface area contributed by atoms with Gasteiger partial charge in [-0.25, -0.2) is 5.43 Å². The van der Waals surface area contributed by atoms with Crippen LogP contribution in [0, 0.1) is 6.92 Å². The van der Waals surface area contributed by atoms with Crippen molar-refractivity contribution >= 4 is 18.2 Å². The summed E-state index contributed by atoms with van der Waals surface area (Å²) in [6, 6.07) is 15.0. The Labute approximate surface area is 130 Å². The highest BCUT2D eigenvalue weighted by atomic mass is 16.5. The Morgan fingerprint density at radius 1 is 1.14 bits per heavy atom. The Bertz CT molecular complexity index is 688. The van der Waals surface area contributed by atoms with Gasteiger partial charge < -0.3 is 4.74 Å². The van der Waals surface area contributed by atoms with E-state index in [4.69, 9.17) is 4.74 Å². The maximum atomic E-state index is 11.8. The average molecular weight is 294 g/mol. The maximum absolute atomic E-state index is 11.8. The minimum atomic E-state index is -0.234. The van der Waals surface area contributed by atoms with Gasteiger partial charge in [-0.15, -0.1) is 0 Å². The molecule has 0 spiro atoms. The van der Waals surface area contributed by atoms with Crippen LogP contribution in [0.15, 0.2) is 59.7 Å². The number of nitrogens with one attached hydrogen (secondary N) is 1. The van der Waals surface area contributed by atoms with E-state index in [0.717, 1.165) is 16.9 Å². The molecule has 1 N–H and O–H groups in total. The largest absolute Gasteiger partial charge is 0.496 e. The van der Waals surface area contributed by atoms with Crippen molar-refractivity contribution in [2.45, 2.75) is 6.92 Å². The molecule has 2 rings (SSSR count). The number of methoxy groups -OCH3 is 1. The van der Waals surface area contributed by atoms with Crippen molar-refractivity contribution in [1.29, 1.82) is 0 Å². The van der Waals surface area contributed by atoms with Gasteiger partial charge in [-0.3, -0.25) is 4.79 Å². The van der Waals surface area contributed by atoms with Crippen molar-refractivity contribution in [1.82, 2.24) is 5.43 Å². The number of ether oxygens (including phenoxy) is 1. The molecule has 0 saturated heterocycles. The first-order valence-electron chi connectivity index (χ1n) is 6.90. The molecule has 112 valence electrons. The summed E-state index contributed by atoms with van der Waals surface area (Å²) in [4.78, 5) is 11.8. The zero-order chi connectivity index (χ0) is 15.8. The normalized spacial score (nSPS) is 11.0. The van der Waals surface area contributed by atoms with Crippen LogP contribution in [-0.2, 0) is 0 Å². The number of carbonyl (C=O) groups excluding carboxylic acids is 1. The number of para-hydroxylation sites is 1. The second-order valence-electron chi connectivity index (χ2n) is 4.69. The van der Waals surface area contributed by atoms with Crippen molar-refractivity contribution in [3.8, 4) is 5.75 Å². The number of hydrazone groups is 1. The lowest BCUT2D eigenvalue weighted by Gasteiger charge is -2.02. The molecule has 22 heavy (non-hydrogen) atoms. The molecule has 0 unspecified atom stereocenters. The summed E-state index contributed by atoms with van der Waals surface area (Å²) in [5.41, 5.74) is 5.12. The van der Waals surface area contributed by atoms with E-state index in [1.807, 2.05) is 49.4 Å². The van der Waals surface area contributed by atoms with Gasteiger partial charge in [0.1, 0.15) is 5.75 Å². The Morgan fingerprint density at radius 3 is 2.59 bits per heavy atom. The van der Waals surface area contributed by atoms with Gasteiger partial charge >= 0.3 is 0 Å². The molecule has 0 aliphatic heterocycles. The number of rotatable bonds is 5. The average Bonchev–Trinajstić information content (AvgIpc) is 2.55. The third-order valence-electron chi connectivity index (χ3n) is 3.06. The molecule has 2 aromatic rings. The molecule has 0 saturated carbocycles. The minimum absolute atomic E-state index is 0.234. The Kier molecular flexibility index (Phi) is 5.49. The zero-order valence-corrected chi connectivity index (χ0v) is 12.6. The fourth-order valence-corrected chi connectivity index (χ4v) is 1.86. The van der Waals surface area contributed by atoms with Crippen LogP contribution in [0.4, 0.5) is 0 Å². The highest BCUT2D eigenvalue weighted by Gasteiger charge is 2.02. The molecule has 0 radical (unpaired) electrons. The van der Waals surface area contributed by atoms with Gasteiger partial charge in [0.15, 0.2) is 0 Å². The second kappa shape index (κ2) is 7.78. The van der Waals surface area contributed by atoms with Crippen molar-refractivity contribution < 1.29 is 9.53 Å². The van der Waals surface area contributed by atoms with Gasteiger partial charge in [0.05, 0.1) is 7.11 Å². The van der Waals surface area contributed by atoms with E-state index in [1.165, 1.54) is 6.21 Å². The third kappa shape index (κ3) is 4.31. The first-order chi connectivity index (χ1) is 10.7. The number of benzene rings is 2. The number of aryl methyl sites for hydroxylation is 1. The van der Waals surface area contributed by atoms with E-state index in [2.05, 4.69) is 10.5 Å². The van der Waals surface area contributed by atoms with Gasteiger partial charge in [0, 0.05) is 17.3 Å². The van der Waals surface area contributed by atoms with Crippen molar-refractivity contribution in [2.24, 2.45) is 5.10 Å². The SMILES string of the molecule is COc1ccccc1/C=C/C=N\NC(=O)c1ccc(C)cc1. The Balaban J connectivity index is 1.91. The van der Waals surface area contributed by atoms with Crippen molar-refractivity contribution in [3.05, 3.63) is 71.3 Å². The Morgan fingerprint density at radius 2 is 1.86 bits per heavy atom. The monoisotopic (exact) mass is 294 g/mol. The van der Waals surface area contributed by atoms with Crippen LogP contribution in [0.1, 0.15) is 21.5 Å². The summed E-state index contributed by atoms with van der Waals surface area (Å²) < 4.78 is 5.24. The molecule has 4 heteroatoms. The van der Waals surface area contributed by atoms with E-state index in [1.54, 1.807) is 25.3 Å². The standard InChI is InChI=1S/C18H18N2O2/c1-14-9-11-16(12-10-14)18(21)20-19-13-5-7-15-6-3-4-8-17(15)22-2/h3-13H,1-2H3,(H,20,21)/b7-5+,19-13-. The lowest BCUT2D eigenvalue weighted by atomic mass is 10.1. The first-order valence-corrected chi connectivity index (χ1v) is 6.90. The van der Waals surface area contributed by atoms with Crippen molar-refractivity contribution in [2.75, 3.05) is 7.11 Å². The summed E-state index contributed by atoms with van der Waals surface area (Å²) in [6.07, 6.45) is 5.13. The van der Waals surface area contributed by atoms with Crippen LogP contribution in [0.25, 0.3) is 6.08 Å².